The Morgan fingerprint density at radius 3 is 0.971 bits per heavy atom. The molecule has 0 fully saturated rings. The van der Waals surface area contributed by atoms with Crippen molar-refractivity contribution < 1.29 is 0 Å². The van der Waals surface area contributed by atoms with Crippen molar-refractivity contribution in [2.45, 2.75) is 0 Å². The van der Waals surface area contributed by atoms with E-state index < -0.39 is 0 Å². The highest BCUT2D eigenvalue weighted by molar-refractivity contribution is 9.11. The second-order valence-corrected chi connectivity index (χ2v) is 10.5. The first-order chi connectivity index (χ1) is 16.7. The Labute approximate surface area is 213 Å². The Balaban J connectivity index is 0.000000118. The maximum Gasteiger partial charge on any atom is 0.0254 e. The summed E-state index contributed by atoms with van der Waals surface area (Å²) in [6.07, 6.45) is 0. The quantitative estimate of drug-likeness (QED) is 0.161. The van der Waals surface area contributed by atoms with Crippen molar-refractivity contribution >= 4 is 96.5 Å². The minimum atomic E-state index is 1.17. The third kappa shape index (κ3) is 2.95. The molecule has 0 aliphatic carbocycles. The van der Waals surface area contributed by atoms with Crippen LogP contribution in [0.15, 0.2) is 118 Å². The van der Waals surface area contributed by atoms with Gasteiger partial charge in [0, 0.05) is 8.95 Å². The van der Waals surface area contributed by atoms with Gasteiger partial charge in [-0.05, 0) is 76.8 Å². The van der Waals surface area contributed by atoms with Crippen molar-refractivity contribution in [3.63, 3.8) is 0 Å². The Kier molecular flexibility index (Phi) is 4.55. The number of halogens is 2. The van der Waals surface area contributed by atoms with Gasteiger partial charge in [-0.25, -0.2) is 0 Å². The lowest BCUT2D eigenvalue weighted by atomic mass is 9.94. The van der Waals surface area contributed by atoms with Gasteiger partial charge in [-0.1, -0.05) is 129 Å². The van der Waals surface area contributed by atoms with Gasteiger partial charge in [-0.2, -0.15) is 0 Å². The summed E-state index contributed by atoms with van der Waals surface area (Å²) >= 11 is 7.28. The molecule has 0 atom stereocenters. The normalized spacial score (nSPS) is 11.8. The lowest BCUT2D eigenvalue weighted by Crippen LogP contribution is -1.83. The molecule has 0 aliphatic heterocycles. The van der Waals surface area contributed by atoms with E-state index in [1.807, 2.05) is 0 Å². The molecular weight excluding hydrogens is 544 g/mol. The highest BCUT2D eigenvalue weighted by Gasteiger charge is 2.10. The highest BCUT2D eigenvalue weighted by atomic mass is 79.9. The number of rotatable bonds is 0. The lowest BCUT2D eigenvalue weighted by Gasteiger charge is -2.11. The lowest BCUT2D eigenvalue weighted by molar-refractivity contribution is 1.75. The van der Waals surface area contributed by atoms with Gasteiger partial charge in [0.05, 0.1) is 0 Å². The third-order valence-corrected chi connectivity index (χ3v) is 8.33. The maximum absolute atomic E-state index is 3.64. The summed E-state index contributed by atoms with van der Waals surface area (Å²) < 4.78 is 2.34. The Bertz CT molecular complexity index is 1810. The summed E-state index contributed by atoms with van der Waals surface area (Å²) in [5, 5.41) is 16.0. The molecule has 0 N–H and O–H groups in total. The first kappa shape index (κ1) is 20.2. The van der Waals surface area contributed by atoms with Gasteiger partial charge in [0.1, 0.15) is 0 Å². The fourth-order valence-electron chi connectivity index (χ4n) is 5.40. The molecule has 0 saturated heterocycles. The van der Waals surface area contributed by atoms with E-state index in [0.29, 0.717) is 0 Å². The molecular formula is C32H18Br2. The van der Waals surface area contributed by atoms with E-state index in [-0.39, 0.29) is 0 Å². The fourth-order valence-corrected chi connectivity index (χ4v) is 6.32. The van der Waals surface area contributed by atoms with Crippen LogP contribution in [0.4, 0.5) is 0 Å². The zero-order chi connectivity index (χ0) is 22.8. The average Bonchev–Trinajstić information content (AvgIpc) is 2.88. The van der Waals surface area contributed by atoms with Gasteiger partial charge in [0.25, 0.3) is 0 Å². The minimum Gasteiger partial charge on any atom is -0.0610 e. The first-order valence-electron chi connectivity index (χ1n) is 11.3. The van der Waals surface area contributed by atoms with Crippen LogP contribution in [0.25, 0.3) is 64.6 Å². The van der Waals surface area contributed by atoms with Crippen LogP contribution in [-0.2, 0) is 0 Å². The molecule has 0 bridgehead atoms. The zero-order valence-corrected chi connectivity index (χ0v) is 21.3. The van der Waals surface area contributed by atoms with Gasteiger partial charge in [0.15, 0.2) is 0 Å². The zero-order valence-electron chi connectivity index (χ0n) is 18.1. The van der Waals surface area contributed by atoms with Crippen molar-refractivity contribution in [3.8, 4) is 0 Å². The molecule has 0 radical (unpaired) electrons. The number of benzene rings is 8. The molecule has 8 rings (SSSR count). The predicted octanol–water partition coefficient (Wildman–Crippen LogP) is 10.7. The van der Waals surface area contributed by atoms with Crippen LogP contribution in [0.3, 0.4) is 0 Å². The molecule has 0 aromatic heterocycles. The van der Waals surface area contributed by atoms with Crippen LogP contribution in [0.1, 0.15) is 0 Å². The molecule has 0 nitrogen and oxygen atoms in total. The van der Waals surface area contributed by atoms with Crippen LogP contribution < -0.4 is 0 Å². The van der Waals surface area contributed by atoms with Crippen LogP contribution in [0.2, 0.25) is 0 Å². The third-order valence-electron chi connectivity index (χ3n) is 6.95. The SMILES string of the molecule is Brc1ccc2ccc3cccc4ccc1c2c34.Brc1ccc2ccc3cccc4ccc1c2c34. The van der Waals surface area contributed by atoms with Gasteiger partial charge < -0.3 is 0 Å². The van der Waals surface area contributed by atoms with Crippen molar-refractivity contribution in [1.82, 2.24) is 0 Å². The summed E-state index contributed by atoms with van der Waals surface area (Å²) in [6.45, 7) is 0. The Morgan fingerprint density at radius 2 is 0.588 bits per heavy atom. The molecule has 8 aromatic rings. The topological polar surface area (TPSA) is 0 Å². The van der Waals surface area contributed by atoms with Crippen molar-refractivity contribution in [3.05, 3.63) is 118 Å². The van der Waals surface area contributed by atoms with Crippen molar-refractivity contribution in [2.24, 2.45) is 0 Å². The number of hydrogen-bond donors (Lipinski definition) is 0. The molecule has 0 unspecified atom stereocenters. The van der Waals surface area contributed by atoms with Gasteiger partial charge in [0.2, 0.25) is 0 Å². The summed E-state index contributed by atoms with van der Waals surface area (Å²) in [4.78, 5) is 0. The van der Waals surface area contributed by atoms with E-state index in [9.17, 15) is 0 Å². The van der Waals surface area contributed by atoms with Crippen molar-refractivity contribution in [2.75, 3.05) is 0 Å². The summed E-state index contributed by atoms with van der Waals surface area (Å²) in [5.41, 5.74) is 0. The van der Waals surface area contributed by atoms with E-state index in [2.05, 4.69) is 141 Å². The standard InChI is InChI=1S/2C16H9Br/c2*17-14-9-7-12-5-4-10-2-1-3-11-6-8-13(14)16(12)15(10)11/h2*1-9H. The molecule has 0 heterocycles. The Hall–Kier alpha value is -3.20. The minimum absolute atomic E-state index is 1.17. The van der Waals surface area contributed by atoms with E-state index in [1.54, 1.807) is 0 Å². The Morgan fingerprint density at radius 1 is 0.294 bits per heavy atom. The second kappa shape index (κ2) is 7.66. The van der Waals surface area contributed by atoms with Crippen molar-refractivity contribution in [1.29, 1.82) is 0 Å². The summed E-state index contributed by atoms with van der Waals surface area (Å²) in [5.74, 6) is 0. The molecule has 2 heteroatoms. The molecule has 0 amide bonds. The first-order valence-corrected chi connectivity index (χ1v) is 12.9. The monoisotopic (exact) mass is 560 g/mol. The van der Waals surface area contributed by atoms with E-state index in [0.717, 1.165) is 0 Å². The van der Waals surface area contributed by atoms with Crippen LogP contribution in [-0.4, -0.2) is 0 Å². The molecule has 0 aliphatic rings. The second-order valence-electron chi connectivity index (χ2n) is 8.81. The molecule has 8 aromatic carbocycles. The number of hydrogen-bond acceptors (Lipinski definition) is 0. The van der Waals surface area contributed by atoms with E-state index in [1.165, 1.54) is 73.6 Å². The molecule has 0 spiro atoms. The smallest absolute Gasteiger partial charge is 0.0254 e. The van der Waals surface area contributed by atoms with Gasteiger partial charge >= 0.3 is 0 Å². The van der Waals surface area contributed by atoms with Crippen LogP contribution in [0, 0.1) is 0 Å². The summed E-state index contributed by atoms with van der Waals surface area (Å²) in [6, 6.07) is 39.2. The summed E-state index contributed by atoms with van der Waals surface area (Å²) in [7, 11) is 0. The van der Waals surface area contributed by atoms with Gasteiger partial charge in [-0.15, -0.1) is 0 Å². The average molecular weight is 562 g/mol. The van der Waals surface area contributed by atoms with E-state index >= 15 is 0 Å². The largest absolute Gasteiger partial charge is 0.0610 e. The van der Waals surface area contributed by atoms with Crippen LogP contribution >= 0.6 is 31.9 Å². The van der Waals surface area contributed by atoms with Crippen LogP contribution in [0.5, 0.6) is 0 Å². The molecule has 160 valence electrons. The maximum atomic E-state index is 3.64. The fraction of sp³-hybridized carbons (Fsp3) is 0. The predicted molar refractivity (Wildman–Crippen MR) is 156 cm³/mol. The molecule has 0 saturated carbocycles. The molecule has 34 heavy (non-hydrogen) atoms. The van der Waals surface area contributed by atoms with Gasteiger partial charge in [-0.3, -0.25) is 0 Å². The highest BCUT2D eigenvalue weighted by Crippen LogP contribution is 2.38. The van der Waals surface area contributed by atoms with E-state index in [4.69, 9.17) is 0 Å².